The van der Waals surface area contributed by atoms with Gasteiger partial charge in [-0.2, -0.15) is 0 Å². The largest absolute Gasteiger partial charge is 0.482 e. The number of rotatable bonds is 4. The van der Waals surface area contributed by atoms with Crippen LogP contribution in [0.25, 0.3) is 0 Å². The van der Waals surface area contributed by atoms with E-state index in [1.165, 1.54) is 30.6 Å². The lowest BCUT2D eigenvalue weighted by molar-refractivity contribution is -0.123. The summed E-state index contributed by atoms with van der Waals surface area (Å²) >= 11 is 11.7. The summed E-state index contributed by atoms with van der Waals surface area (Å²) in [5, 5.41) is 0.757. The SMILES string of the molecule is O=C(COc1ccc(Cl)cc1Cl)NNC(=O)c1ccncc1. The normalized spacial score (nSPS) is 9.91. The molecule has 2 rings (SSSR count). The van der Waals surface area contributed by atoms with E-state index in [4.69, 9.17) is 27.9 Å². The number of nitrogens with zero attached hydrogens (tertiary/aromatic N) is 1. The molecule has 0 unspecified atom stereocenters. The molecule has 0 spiro atoms. The summed E-state index contributed by atoms with van der Waals surface area (Å²) in [7, 11) is 0. The Balaban J connectivity index is 1.80. The summed E-state index contributed by atoms with van der Waals surface area (Å²) in [5.74, 6) is -0.671. The standard InChI is InChI=1S/C14H11Cl2N3O3/c15-10-1-2-12(11(16)7-10)22-8-13(20)18-19-14(21)9-3-5-17-6-4-9/h1-7H,8H2,(H,18,20)(H,19,21). The molecular formula is C14H11Cl2N3O3. The van der Waals surface area contributed by atoms with E-state index < -0.39 is 11.8 Å². The Morgan fingerprint density at radius 3 is 2.50 bits per heavy atom. The summed E-state index contributed by atoms with van der Waals surface area (Å²) in [4.78, 5) is 27.1. The van der Waals surface area contributed by atoms with E-state index in [1.54, 1.807) is 12.1 Å². The monoisotopic (exact) mass is 339 g/mol. The van der Waals surface area contributed by atoms with Gasteiger partial charge in [0.2, 0.25) is 0 Å². The molecule has 2 aromatic rings. The molecule has 2 N–H and O–H groups in total. The average Bonchev–Trinajstić information content (AvgIpc) is 2.52. The van der Waals surface area contributed by atoms with Crippen molar-refractivity contribution in [2.24, 2.45) is 0 Å². The van der Waals surface area contributed by atoms with Gasteiger partial charge < -0.3 is 4.74 Å². The van der Waals surface area contributed by atoms with E-state index in [1.807, 2.05) is 0 Å². The van der Waals surface area contributed by atoms with Gasteiger partial charge in [-0.05, 0) is 30.3 Å². The molecule has 2 amide bonds. The van der Waals surface area contributed by atoms with E-state index in [0.29, 0.717) is 21.4 Å². The molecule has 0 aliphatic carbocycles. The van der Waals surface area contributed by atoms with Crippen molar-refractivity contribution in [3.63, 3.8) is 0 Å². The highest BCUT2D eigenvalue weighted by molar-refractivity contribution is 6.35. The van der Waals surface area contributed by atoms with Crippen LogP contribution in [0, 0.1) is 0 Å². The summed E-state index contributed by atoms with van der Waals surface area (Å²) in [5.41, 5.74) is 4.86. The molecule has 0 atom stereocenters. The fourth-order valence-electron chi connectivity index (χ4n) is 1.47. The fourth-order valence-corrected chi connectivity index (χ4v) is 1.94. The summed E-state index contributed by atoms with van der Waals surface area (Å²) in [6.45, 7) is -0.308. The Bertz CT molecular complexity index is 680. The molecule has 6 nitrogen and oxygen atoms in total. The first-order valence-electron chi connectivity index (χ1n) is 6.13. The minimum absolute atomic E-state index is 0.293. The topological polar surface area (TPSA) is 80.3 Å². The van der Waals surface area contributed by atoms with Crippen molar-refractivity contribution >= 4 is 35.0 Å². The molecule has 0 bridgehead atoms. The van der Waals surface area contributed by atoms with Crippen molar-refractivity contribution in [2.75, 3.05) is 6.61 Å². The number of benzene rings is 1. The third-order valence-corrected chi connectivity index (χ3v) is 3.04. The number of nitrogens with one attached hydrogen (secondary N) is 2. The average molecular weight is 340 g/mol. The molecule has 1 heterocycles. The number of hydrazine groups is 1. The zero-order chi connectivity index (χ0) is 15.9. The fraction of sp³-hybridized carbons (Fsp3) is 0.0714. The predicted molar refractivity (Wildman–Crippen MR) is 81.8 cm³/mol. The van der Waals surface area contributed by atoms with Crippen molar-refractivity contribution in [3.05, 3.63) is 58.3 Å². The number of carbonyl (C=O) groups is 2. The predicted octanol–water partition coefficient (Wildman–Crippen LogP) is 2.23. The maximum Gasteiger partial charge on any atom is 0.276 e. The van der Waals surface area contributed by atoms with Crippen LogP contribution in [0.4, 0.5) is 0 Å². The lowest BCUT2D eigenvalue weighted by Gasteiger charge is -2.09. The maximum atomic E-state index is 11.7. The van der Waals surface area contributed by atoms with Gasteiger partial charge in [0.25, 0.3) is 11.8 Å². The number of hydrogen-bond acceptors (Lipinski definition) is 4. The number of ether oxygens (including phenoxy) is 1. The van der Waals surface area contributed by atoms with Gasteiger partial charge in [0, 0.05) is 23.0 Å². The molecule has 22 heavy (non-hydrogen) atoms. The van der Waals surface area contributed by atoms with Gasteiger partial charge in [0.05, 0.1) is 5.02 Å². The van der Waals surface area contributed by atoms with Gasteiger partial charge in [-0.3, -0.25) is 25.4 Å². The molecule has 0 radical (unpaired) electrons. The Kier molecular flexibility index (Phi) is 5.57. The molecule has 0 aliphatic heterocycles. The highest BCUT2D eigenvalue weighted by Gasteiger charge is 2.09. The van der Waals surface area contributed by atoms with Crippen molar-refractivity contribution < 1.29 is 14.3 Å². The zero-order valence-electron chi connectivity index (χ0n) is 11.2. The molecular weight excluding hydrogens is 329 g/mol. The first-order valence-corrected chi connectivity index (χ1v) is 6.89. The number of hydrogen-bond donors (Lipinski definition) is 2. The third kappa shape index (κ3) is 4.61. The summed E-state index contributed by atoms with van der Waals surface area (Å²) in [6.07, 6.45) is 2.95. The Morgan fingerprint density at radius 2 is 1.82 bits per heavy atom. The number of halogens is 2. The van der Waals surface area contributed by atoms with E-state index in [9.17, 15) is 9.59 Å². The molecule has 8 heteroatoms. The molecule has 0 saturated heterocycles. The zero-order valence-corrected chi connectivity index (χ0v) is 12.7. The Hall–Kier alpha value is -2.31. The van der Waals surface area contributed by atoms with E-state index >= 15 is 0 Å². The number of amides is 2. The second-order valence-corrected chi connectivity index (χ2v) is 4.95. The van der Waals surface area contributed by atoms with Gasteiger partial charge in [0.1, 0.15) is 5.75 Å². The van der Waals surface area contributed by atoms with Crippen LogP contribution in [0.15, 0.2) is 42.7 Å². The van der Waals surface area contributed by atoms with Crippen LogP contribution < -0.4 is 15.6 Å². The number of pyridine rings is 1. The van der Waals surface area contributed by atoms with Crippen LogP contribution >= 0.6 is 23.2 Å². The van der Waals surface area contributed by atoms with Crippen molar-refractivity contribution in [1.29, 1.82) is 0 Å². The second-order valence-electron chi connectivity index (χ2n) is 4.10. The van der Waals surface area contributed by atoms with E-state index in [0.717, 1.165) is 0 Å². The maximum absolute atomic E-state index is 11.7. The van der Waals surface area contributed by atoms with Crippen molar-refractivity contribution in [1.82, 2.24) is 15.8 Å². The minimum Gasteiger partial charge on any atom is -0.482 e. The molecule has 0 aliphatic rings. The first kappa shape index (κ1) is 16.1. The summed E-state index contributed by atoms with van der Waals surface area (Å²) in [6, 6.07) is 7.68. The van der Waals surface area contributed by atoms with Gasteiger partial charge in [-0.25, -0.2) is 0 Å². The summed E-state index contributed by atoms with van der Waals surface area (Å²) < 4.78 is 5.23. The van der Waals surface area contributed by atoms with Gasteiger partial charge in [-0.1, -0.05) is 23.2 Å². The van der Waals surface area contributed by atoms with Crippen LogP contribution in [-0.2, 0) is 4.79 Å². The smallest absolute Gasteiger partial charge is 0.276 e. The molecule has 1 aromatic heterocycles. The van der Waals surface area contributed by atoms with Crippen LogP contribution in [0.3, 0.4) is 0 Å². The number of aromatic nitrogens is 1. The third-order valence-electron chi connectivity index (χ3n) is 2.51. The Labute approximate surface area is 136 Å². The molecule has 1 aromatic carbocycles. The van der Waals surface area contributed by atoms with E-state index in [2.05, 4.69) is 15.8 Å². The van der Waals surface area contributed by atoms with Crippen LogP contribution in [0.1, 0.15) is 10.4 Å². The molecule has 0 fully saturated rings. The lowest BCUT2D eigenvalue weighted by atomic mass is 10.3. The van der Waals surface area contributed by atoms with Gasteiger partial charge >= 0.3 is 0 Å². The second kappa shape index (κ2) is 7.63. The van der Waals surface area contributed by atoms with E-state index in [-0.39, 0.29) is 6.61 Å². The van der Waals surface area contributed by atoms with Gasteiger partial charge in [0.15, 0.2) is 6.61 Å². The van der Waals surface area contributed by atoms with Gasteiger partial charge in [-0.15, -0.1) is 0 Å². The molecule has 0 saturated carbocycles. The Morgan fingerprint density at radius 1 is 1.09 bits per heavy atom. The van der Waals surface area contributed by atoms with Crippen molar-refractivity contribution in [3.8, 4) is 5.75 Å². The van der Waals surface area contributed by atoms with Crippen molar-refractivity contribution in [2.45, 2.75) is 0 Å². The highest BCUT2D eigenvalue weighted by atomic mass is 35.5. The lowest BCUT2D eigenvalue weighted by Crippen LogP contribution is -2.43. The quantitative estimate of drug-likeness (QED) is 0.837. The van der Waals surface area contributed by atoms with Crippen LogP contribution in [0.2, 0.25) is 10.0 Å². The minimum atomic E-state index is -0.534. The highest BCUT2D eigenvalue weighted by Crippen LogP contribution is 2.27. The van der Waals surface area contributed by atoms with Crippen LogP contribution in [-0.4, -0.2) is 23.4 Å². The number of carbonyl (C=O) groups excluding carboxylic acids is 2. The van der Waals surface area contributed by atoms with Crippen LogP contribution in [0.5, 0.6) is 5.75 Å². The molecule has 114 valence electrons. The first-order chi connectivity index (χ1) is 10.6.